The molecule has 1 amide bonds. The maximum absolute atomic E-state index is 12.9. The van der Waals surface area contributed by atoms with E-state index in [9.17, 15) is 4.79 Å². The molecular weight excluding hydrogens is 330 g/mol. The van der Waals surface area contributed by atoms with Crippen molar-refractivity contribution in [2.45, 2.75) is 47.1 Å². The summed E-state index contributed by atoms with van der Waals surface area (Å²) >= 11 is 3.47. The summed E-state index contributed by atoms with van der Waals surface area (Å²) in [6.07, 6.45) is 2.91. The first-order chi connectivity index (χ1) is 9.71. The van der Waals surface area contributed by atoms with Gasteiger partial charge in [0.1, 0.15) is 5.69 Å². The topological polar surface area (TPSA) is 51.3 Å². The van der Waals surface area contributed by atoms with E-state index in [0.29, 0.717) is 13.1 Å². The molecule has 1 aromatic rings. The summed E-state index contributed by atoms with van der Waals surface area (Å²) in [5.41, 5.74) is 6.48. The lowest BCUT2D eigenvalue weighted by Crippen LogP contribution is -2.43. The standard InChI is InChI=1S/C16H28BrN3O/c1-6-7-19(11-16(4,5)10-18)15(21)14-8-13(17)9-20(14)12(2)3/h8-9,12H,6-7,10-11,18H2,1-5H3. The van der Waals surface area contributed by atoms with Crippen molar-refractivity contribution in [3.63, 3.8) is 0 Å². The SMILES string of the molecule is CCCN(CC(C)(C)CN)C(=O)c1cc(Br)cn1C(C)C. The molecule has 0 saturated heterocycles. The Bertz CT molecular complexity index is 480. The molecule has 0 spiro atoms. The number of carbonyl (C=O) groups excluding carboxylic acids is 1. The molecule has 2 N–H and O–H groups in total. The van der Waals surface area contributed by atoms with E-state index < -0.39 is 0 Å². The summed E-state index contributed by atoms with van der Waals surface area (Å²) in [6, 6.07) is 2.15. The maximum Gasteiger partial charge on any atom is 0.270 e. The number of carbonyl (C=O) groups is 1. The van der Waals surface area contributed by atoms with Gasteiger partial charge in [-0.3, -0.25) is 4.79 Å². The summed E-state index contributed by atoms with van der Waals surface area (Å²) in [6.45, 7) is 12.4. The molecule has 0 aromatic carbocycles. The van der Waals surface area contributed by atoms with Crippen LogP contribution in [-0.2, 0) is 0 Å². The van der Waals surface area contributed by atoms with Crippen LogP contribution in [0, 0.1) is 5.41 Å². The molecule has 5 heteroatoms. The summed E-state index contributed by atoms with van der Waals surface area (Å²) < 4.78 is 2.96. The third kappa shape index (κ3) is 4.85. The van der Waals surface area contributed by atoms with Crippen molar-refractivity contribution in [1.82, 2.24) is 9.47 Å². The number of rotatable bonds is 7. The number of halogens is 1. The van der Waals surface area contributed by atoms with Crippen molar-refractivity contribution < 1.29 is 4.79 Å². The Labute approximate surface area is 136 Å². The van der Waals surface area contributed by atoms with E-state index in [1.54, 1.807) is 0 Å². The van der Waals surface area contributed by atoms with Crippen LogP contribution in [0.5, 0.6) is 0 Å². The first kappa shape index (κ1) is 18.2. The molecule has 0 saturated carbocycles. The fraction of sp³-hybridized carbons (Fsp3) is 0.688. The summed E-state index contributed by atoms with van der Waals surface area (Å²) in [4.78, 5) is 14.8. The number of nitrogens with zero attached hydrogens (tertiary/aromatic N) is 2. The van der Waals surface area contributed by atoms with Crippen molar-refractivity contribution in [2.75, 3.05) is 19.6 Å². The molecule has 0 aliphatic carbocycles. The highest BCUT2D eigenvalue weighted by atomic mass is 79.9. The third-order valence-corrected chi connectivity index (χ3v) is 3.98. The van der Waals surface area contributed by atoms with Crippen LogP contribution in [-0.4, -0.2) is 35.0 Å². The fourth-order valence-corrected chi connectivity index (χ4v) is 2.75. The minimum Gasteiger partial charge on any atom is -0.340 e. The molecule has 0 unspecified atom stereocenters. The summed E-state index contributed by atoms with van der Waals surface area (Å²) in [5.74, 6) is 0.0813. The number of hydrogen-bond acceptors (Lipinski definition) is 2. The van der Waals surface area contributed by atoms with Crippen molar-refractivity contribution in [3.05, 3.63) is 22.4 Å². The van der Waals surface area contributed by atoms with Gasteiger partial charge in [0, 0.05) is 29.8 Å². The van der Waals surface area contributed by atoms with Crippen molar-refractivity contribution in [1.29, 1.82) is 0 Å². The molecule has 0 aliphatic rings. The Balaban J connectivity index is 3.06. The third-order valence-electron chi connectivity index (χ3n) is 3.54. The van der Waals surface area contributed by atoms with E-state index >= 15 is 0 Å². The summed E-state index contributed by atoms with van der Waals surface area (Å²) in [5, 5.41) is 0. The minimum atomic E-state index is -0.0721. The highest BCUT2D eigenvalue weighted by molar-refractivity contribution is 9.10. The molecular formula is C16H28BrN3O. The molecule has 1 rings (SSSR count). The molecule has 0 fully saturated rings. The minimum absolute atomic E-state index is 0.0721. The van der Waals surface area contributed by atoms with Gasteiger partial charge in [-0.1, -0.05) is 20.8 Å². The van der Waals surface area contributed by atoms with Crippen LogP contribution in [0.15, 0.2) is 16.7 Å². The Morgan fingerprint density at radius 3 is 2.57 bits per heavy atom. The van der Waals surface area contributed by atoms with E-state index in [1.165, 1.54) is 0 Å². The van der Waals surface area contributed by atoms with Gasteiger partial charge in [0.2, 0.25) is 0 Å². The van der Waals surface area contributed by atoms with E-state index in [1.807, 2.05) is 21.7 Å². The zero-order chi connectivity index (χ0) is 16.2. The Kier molecular flexibility index (Phi) is 6.47. The van der Waals surface area contributed by atoms with Gasteiger partial charge in [-0.25, -0.2) is 0 Å². The molecule has 21 heavy (non-hydrogen) atoms. The van der Waals surface area contributed by atoms with Crippen LogP contribution in [0.25, 0.3) is 0 Å². The molecule has 0 atom stereocenters. The molecule has 120 valence electrons. The quantitative estimate of drug-likeness (QED) is 0.809. The van der Waals surface area contributed by atoms with E-state index in [4.69, 9.17) is 5.73 Å². The zero-order valence-electron chi connectivity index (χ0n) is 13.8. The molecule has 0 radical (unpaired) electrons. The van der Waals surface area contributed by atoms with Crippen LogP contribution >= 0.6 is 15.9 Å². The normalized spacial score (nSPS) is 12.0. The number of aromatic nitrogens is 1. The van der Waals surface area contributed by atoms with E-state index in [0.717, 1.165) is 23.1 Å². The van der Waals surface area contributed by atoms with E-state index in [2.05, 4.69) is 50.5 Å². The Hall–Kier alpha value is -0.810. The van der Waals surface area contributed by atoms with Gasteiger partial charge >= 0.3 is 0 Å². The second-order valence-electron chi connectivity index (χ2n) is 6.64. The van der Waals surface area contributed by atoms with Crippen LogP contribution in [0.3, 0.4) is 0 Å². The monoisotopic (exact) mass is 357 g/mol. The van der Waals surface area contributed by atoms with Crippen LogP contribution in [0.4, 0.5) is 0 Å². The maximum atomic E-state index is 12.9. The van der Waals surface area contributed by atoms with Crippen molar-refractivity contribution in [2.24, 2.45) is 11.1 Å². The van der Waals surface area contributed by atoms with Gasteiger partial charge in [0.15, 0.2) is 0 Å². The molecule has 1 heterocycles. The lowest BCUT2D eigenvalue weighted by Gasteiger charge is -2.32. The highest BCUT2D eigenvalue weighted by Crippen LogP contribution is 2.23. The number of nitrogens with two attached hydrogens (primary N) is 1. The second kappa shape index (κ2) is 7.45. The number of amides is 1. The second-order valence-corrected chi connectivity index (χ2v) is 7.56. The van der Waals surface area contributed by atoms with Crippen LogP contribution in [0.2, 0.25) is 0 Å². The number of hydrogen-bond donors (Lipinski definition) is 1. The Morgan fingerprint density at radius 1 is 1.48 bits per heavy atom. The molecule has 4 nitrogen and oxygen atoms in total. The molecule has 1 aromatic heterocycles. The van der Waals surface area contributed by atoms with Gasteiger partial charge < -0.3 is 15.2 Å². The van der Waals surface area contributed by atoms with Crippen LogP contribution < -0.4 is 5.73 Å². The molecule has 0 aliphatic heterocycles. The lowest BCUT2D eigenvalue weighted by atomic mass is 9.93. The van der Waals surface area contributed by atoms with Crippen LogP contribution in [0.1, 0.15) is 57.6 Å². The Morgan fingerprint density at radius 2 is 2.10 bits per heavy atom. The van der Waals surface area contributed by atoms with Crippen molar-refractivity contribution >= 4 is 21.8 Å². The average Bonchev–Trinajstić information content (AvgIpc) is 2.79. The smallest absolute Gasteiger partial charge is 0.270 e. The highest BCUT2D eigenvalue weighted by Gasteiger charge is 2.26. The lowest BCUT2D eigenvalue weighted by molar-refractivity contribution is 0.0677. The predicted molar refractivity (Wildman–Crippen MR) is 91.5 cm³/mol. The zero-order valence-corrected chi connectivity index (χ0v) is 15.4. The van der Waals surface area contributed by atoms with Gasteiger partial charge in [-0.05, 0) is 54.2 Å². The fourth-order valence-electron chi connectivity index (χ4n) is 2.31. The summed E-state index contributed by atoms with van der Waals surface area (Å²) in [7, 11) is 0. The van der Waals surface area contributed by atoms with Gasteiger partial charge in [-0.15, -0.1) is 0 Å². The van der Waals surface area contributed by atoms with E-state index in [-0.39, 0.29) is 17.4 Å². The van der Waals surface area contributed by atoms with Gasteiger partial charge in [0.05, 0.1) is 0 Å². The molecule has 0 bridgehead atoms. The average molecular weight is 358 g/mol. The first-order valence-electron chi connectivity index (χ1n) is 7.58. The van der Waals surface area contributed by atoms with Gasteiger partial charge in [-0.2, -0.15) is 0 Å². The largest absolute Gasteiger partial charge is 0.340 e. The first-order valence-corrected chi connectivity index (χ1v) is 8.38. The predicted octanol–water partition coefficient (Wildman–Crippen LogP) is 3.67. The van der Waals surface area contributed by atoms with Gasteiger partial charge in [0.25, 0.3) is 5.91 Å². The van der Waals surface area contributed by atoms with Crippen molar-refractivity contribution in [3.8, 4) is 0 Å².